The van der Waals surface area contributed by atoms with Crippen molar-refractivity contribution < 1.29 is 0 Å². The van der Waals surface area contributed by atoms with E-state index in [-0.39, 0.29) is 0 Å². The number of guanidine groups is 1. The molecule has 2 N–H and O–H groups in total. The zero-order valence-electron chi connectivity index (χ0n) is 22.9. The van der Waals surface area contributed by atoms with Crippen LogP contribution < -0.4 is 5.73 Å². The lowest BCUT2D eigenvalue weighted by Gasteiger charge is -2.36. The van der Waals surface area contributed by atoms with Crippen LogP contribution in [0.25, 0.3) is 0 Å². The lowest BCUT2D eigenvalue weighted by molar-refractivity contribution is 0.190. The van der Waals surface area contributed by atoms with Crippen LogP contribution in [0.2, 0.25) is 10.3 Å². The molecule has 0 amide bonds. The molecule has 3 aliphatic rings. The number of amidine groups is 1. The van der Waals surface area contributed by atoms with Gasteiger partial charge >= 0.3 is 0 Å². The van der Waals surface area contributed by atoms with Gasteiger partial charge in [0.25, 0.3) is 0 Å². The molecule has 3 aliphatic heterocycles. The van der Waals surface area contributed by atoms with Crippen molar-refractivity contribution in [3.8, 4) is 0 Å². The molecule has 0 spiro atoms. The Labute approximate surface area is 248 Å². The summed E-state index contributed by atoms with van der Waals surface area (Å²) in [5.41, 5.74) is 7.03. The number of nitrogens with zero attached hydrogens (tertiary/aromatic N) is 10. The number of hydrogen-bond acceptors (Lipinski definition) is 9. The Bertz CT molecular complexity index is 1190. The van der Waals surface area contributed by atoms with Gasteiger partial charge in [0.15, 0.2) is 17.6 Å². The number of nitrogens with two attached hydrogens (primary N) is 1. The minimum absolute atomic E-state index is 0.331. The normalized spacial score (nSPS) is 18.8. The first-order valence-corrected chi connectivity index (χ1v) is 14.6. The van der Waals surface area contributed by atoms with Crippen molar-refractivity contribution in [1.29, 1.82) is 0 Å². The van der Waals surface area contributed by atoms with Crippen LogP contribution in [0.15, 0.2) is 27.1 Å². The number of hydrogen-bond donors (Lipinski definition) is 1. The number of aromatic nitrogens is 4. The molecule has 0 saturated carbocycles. The van der Waals surface area contributed by atoms with E-state index in [0.717, 1.165) is 62.7 Å². The summed E-state index contributed by atoms with van der Waals surface area (Å²) in [5, 5.41) is 0.866. The van der Waals surface area contributed by atoms with Gasteiger partial charge in [0.05, 0.1) is 4.47 Å². The second-order valence-electron chi connectivity index (χ2n) is 10.3. The quantitative estimate of drug-likeness (QED) is 0.305. The fourth-order valence-corrected chi connectivity index (χ4v) is 5.60. The zero-order chi connectivity index (χ0) is 28.1. The maximum atomic E-state index is 6.09. The van der Waals surface area contributed by atoms with Crippen molar-refractivity contribution in [3.05, 3.63) is 33.0 Å². The molecule has 2 aromatic heterocycles. The van der Waals surface area contributed by atoms with E-state index in [1.807, 2.05) is 0 Å². The zero-order valence-corrected chi connectivity index (χ0v) is 26.0. The first-order chi connectivity index (χ1) is 18.6. The van der Waals surface area contributed by atoms with Crippen LogP contribution in [0.3, 0.4) is 0 Å². The largest absolute Gasteiger partial charge is 0.369 e. The first kappa shape index (κ1) is 29.9. The van der Waals surface area contributed by atoms with Gasteiger partial charge in [-0.2, -0.15) is 4.99 Å². The van der Waals surface area contributed by atoms with Gasteiger partial charge in [-0.3, -0.25) is 0 Å². The Morgan fingerprint density at radius 2 is 1.46 bits per heavy atom. The first-order valence-electron chi connectivity index (χ1n) is 13.0. The van der Waals surface area contributed by atoms with Crippen molar-refractivity contribution in [2.24, 2.45) is 15.7 Å². The molecule has 0 aliphatic carbocycles. The molecule has 39 heavy (non-hydrogen) atoms. The average molecular weight is 641 g/mol. The van der Waals surface area contributed by atoms with Crippen LogP contribution in [-0.4, -0.2) is 118 Å². The maximum Gasteiger partial charge on any atom is 0.198 e. The molecule has 14 heteroatoms. The van der Waals surface area contributed by atoms with E-state index in [2.05, 4.69) is 93.6 Å². The van der Waals surface area contributed by atoms with E-state index >= 15 is 0 Å². The molecule has 0 atom stereocenters. The maximum absolute atomic E-state index is 6.09. The summed E-state index contributed by atoms with van der Waals surface area (Å²) >= 11 is 15.3. The third kappa shape index (κ3) is 7.55. The van der Waals surface area contributed by atoms with Crippen LogP contribution in [0.1, 0.15) is 31.2 Å². The number of rotatable bonds is 3. The van der Waals surface area contributed by atoms with Gasteiger partial charge in [0.1, 0.15) is 28.8 Å². The van der Waals surface area contributed by atoms with E-state index in [4.69, 9.17) is 28.9 Å². The van der Waals surface area contributed by atoms with Crippen LogP contribution >= 0.6 is 39.1 Å². The third-order valence-corrected chi connectivity index (χ3v) is 9.04. The smallest absolute Gasteiger partial charge is 0.198 e. The predicted octanol–water partition coefficient (Wildman–Crippen LogP) is 3.61. The molecule has 5 rings (SSSR count). The van der Waals surface area contributed by atoms with Crippen molar-refractivity contribution >= 4 is 62.6 Å². The highest BCUT2D eigenvalue weighted by atomic mass is 79.9. The topological polar surface area (TPSA) is 115 Å². The SMILES string of the molecule is CN(C)C1CCN(C(N)=Nc2ncnc(Cl)c2Br)CC1.CN(C)C1CCN(C2=Nc3ncnc(Cl)c3C2)CC1. The Balaban J connectivity index is 0.000000181. The fraction of sp³-hybridized carbons (Fsp3) is 0.600. The molecular weight excluding hydrogens is 605 g/mol. The molecule has 0 bridgehead atoms. The predicted molar refractivity (Wildman–Crippen MR) is 160 cm³/mol. The van der Waals surface area contributed by atoms with Gasteiger partial charge in [-0.1, -0.05) is 23.2 Å². The molecule has 11 nitrogen and oxygen atoms in total. The van der Waals surface area contributed by atoms with Crippen LogP contribution in [0, 0.1) is 0 Å². The van der Waals surface area contributed by atoms with E-state index in [0.29, 0.717) is 38.6 Å². The monoisotopic (exact) mass is 639 g/mol. The van der Waals surface area contributed by atoms with Gasteiger partial charge in [-0.25, -0.2) is 24.9 Å². The van der Waals surface area contributed by atoms with Crippen molar-refractivity contribution in [3.63, 3.8) is 0 Å². The van der Waals surface area contributed by atoms with Gasteiger partial charge in [-0.15, -0.1) is 0 Å². The number of halogens is 3. The number of fused-ring (bicyclic) bond motifs is 1. The minimum atomic E-state index is 0.331. The Morgan fingerprint density at radius 3 is 2.05 bits per heavy atom. The second kappa shape index (κ2) is 13.5. The Hall–Kier alpha value is -2.12. The van der Waals surface area contributed by atoms with Gasteiger partial charge < -0.3 is 25.3 Å². The number of piperidine rings is 2. The molecule has 5 heterocycles. The van der Waals surface area contributed by atoms with Crippen LogP contribution in [0.5, 0.6) is 0 Å². The summed E-state index contributed by atoms with van der Waals surface area (Å²) in [6.07, 6.45) is 8.14. The number of likely N-dealkylation sites (tertiary alicyclic amines) is 2. The van der Waals surface area contributed by atoms with Gasteiger partial charge in [0.2, 0.25) is 0 Å². The van der Waals surface area contributed by atoms with E-state index in [1.54, 1.807) is 0 Å². The van der Waals surface area contributed by atoms with Crippen LogP contribution in [-0.2, 0) is 6.42 Å². The standard InChI is InChI=1S/C13H18ClN5.C12H18BrClN6/c1-18(2)9-3-5-19(6-4-9)11-7-10-12(14)15-8-16-13(10)17-11;1-19(2)8-3-5-20(6-4-8)12(15)18-11-9(13)10(14)16-7-17-11/h8-9H,3-7H2,1-2H3;7-8H,3-6H2,1-2H3,(H2,15,16,17,18). The summed E-state index contributed by atoms with van der Waals surface area (Å²) in [4.78, 5) is 34.1. The highest BCUT2D eigenvalue weighted by Gasteiger charge is 2.27. The Kier molecular flexibility index (Phi) is 10.3. The molecule has 0 radical (unpaired) electrons. The molecule has 212 valence electrons. The molecule has 2 saturated heterocycles. The molecule has 2 aromatic rings. The van der Waals surface area contributed by atoms with E-state index in [9.17, 15) is 0 Å². The van der Waals surface area contributed by atoms with Crippen molar-refractivity contribution in [1.82, 2.24) is 39.5 Å². The second-order valence-corrected chi connectivity index (χ2v) is 11.8. The molecule has 0 unspecified atom stereocenters. The lowest BCUT2D eigenvalue weighted by Crippen LogP contribution is -2.47. The molecule has 2 fully saturated rings. The average Bonchev–Trinajstić information content (AvgIpc) is 3.38. The summed E-state index contributed by atoms with van der Waals surface area (Å²) in [6.45, 7) is 3.91. The molecule has 0 aromatic carbocycles. The summed E-state index contributed by atoms with van der Waals surface area (Å²) in [6, 6.07) is 1.29. The van der Waals surface area contributed by atoms with Crippen LogP contribution in [0.4, 0.5) is 11.6 Å². The highest BCUT2D eigenvalue weighted by Crippen LogP contribution is 2.31. The van der Waals surface area contributed by atoms with E-state index < -0.39 is 0 Å². The third-order valence-electron chi connectivity index (χ3n) is 7.47. The summed E-state index contributed by atoms with van der Waals surface area (Å²) in [7, 11) is 8.52. The fourth-order valence-electron chi connectivity index (χ4n) is 4.98. The lowest BCUT2D eigenvalue weighted by atomic mass is 10.0. The van der Waals surface area contributed by atoms with Crippen molar-refractivity contribution in [2.75, 3.05) is 54.4 Å². The molecular formula is C25H36BrCl2N11. The highest BCUT2D eigenvalue weighted by molar-refractivity contribution is 9.10. The van der Waals surface area contributed by atoms with E-state index in [1.165, 1.54) is 25.5 Å². The number of aliphatic imine (C=N–C) groups is 2. The Morgan fingerprint density at radius 1 is 0.897 bits per heavy atom. The minimum Gasteiger partial charge on any atom is -0.369 e. The van der Waals surface area contributed by atoms with Crippen molar-refractivity contribution in [2.45, 2.75) is 44.2 Å². The summed E-state index contributed by atoms with van der Waals surface area (Å²) in [5.74, 6) is 2.76. The van der Waals surface area contributed by atoms with Gasteiger partial charge in [-0.05, 0) is 69.8 Å². The summed E-state index contributed by atoms with van der Waals surface area (Å²) < 4.78 is 0.563. The van der Waals surface area contributed by atoms with Gasteiger partial charge in [0, 0.05) is 50.2 Å².